The lowest BCUT2D eigenvalue weighted by Gasteiger charge is -2.30. The van der Waals surface area contributed by atoms with Crippen LogP contribution < -0.4 is 5.32 Å². The molecule has 1 aromatic rings. The maximum Gasteiger partial charge on any atom is 0.272 e. The zero-order chi connectivity index (χ0) is 14.1. The first kappa shape index (κ1) is 13.5. The fourth-order valence-electron chi connectivity index (χ4n) is 3.60. The van der Waals surface area contributed by atoms with Crippen molar-refractivity contribution < 1.29 is 4.92 Å². The van der Waals surface area contributed by atoms with Crippen LogP contribution in [0.2, 0.25) is 0 Å². The molecular weight excluding hydrogens is 254 g/mol. The van der Waals surface area contributed by atoms with Gasteiger partial charge in [-0.1, -0.05) is 6.07 Å². The van der Waals surface area contributed by atoms with Crippen molar-refractivity contribution in [2.24, 2.45) is 0 Å². The van der Waals surface area contributed by atoms with Gasteiger partial charge in [0.15, 0.2) is 0 Å². The van der Waals surface area contributed by atoms with Crippen LogP contribution in [0.15, 0.2) is 18.2 Å². The molecule has 0 amide bonds. The van der Waals surface area contributed by atoms with Crippen molar-refractivity contribution in [2.75, 3.05) is 19.6 Å². The first-order chi connectivity index (χ1) is 9.66. The number of rotatable bonds is 3. The molecule has 0 saturated carbocycles. The molecule has 1 unspecified atom stereocenters. The predicted molar refractivity (Wildman–Crippen MR) is 77.8 cm³/mol. The molecule has 2 fully saturated rings. The Morgan fingerprint density at radius 3 is 2.90 bits per heavy atom. The van der Waals surface area contributed by atoms with Gasteiger partial charge in [-0.25, -0.2) is 0 Å². The molecule has 0 aliphatic carbocycles. The summed E-state index contributed by atoms with van der Waals surface area (Å²) in [6, 6.07) is 6.66. The SMILES string of the molecule is Cc1cc(C2CCCN2[C@@H]2CCNC2)ccc1[N+](=O)[O-]. The van der Waals surface area contributed by atoms with Gasteiger partial charge in [0, 0.05) is 30.3 Å². The van der Waals surface area contributed by atoms with Gasteiger partial charge in [-0.05, 0) is 50.9 Å². The summed E-state index contributed by atoms with van der Waals surface area (Å²) in [5.74, 6) is 0. The minimum atomic E-state index is -0.299. The molecule has 2 atom stereocenters. The third kappa shape index (κ3) is 2.43. The fraction of sp³-hybridized carbons (Fsp3) is 0.600. The third-order valence-electron chi connectivity index (χ3n) is 4.60. The molecule has 0 aromatic heterocycles. The summed E-state index contributed by atoms with van der Waals surface area (Å²) in [5, 5.41) is 14.3. The van der Waals surface area contributed by atoms with E-state index in [0.29, 0.717) is 12.1 Å². The van der Waals surface area contributed by atoms with Gasteiger partial charge in [0.1, 0.15) is 0 Å². The highest BCUT2D eigenvalue weighted by Gasteiger charge is 2.33. The molecule has 5 heteroatoms. The van der Waals surface area contributed by atoms with Crippen molar-refractivity contribution in [3.8, 4) is 0 Å². The van der Waals surface area contributed by atoms with E-state index in [1.54, 1.807) is 6.07 Å². The highest BCUT2D eigenvalue weighted by molar-refractivity contribution is 5.42. The second-order valence-corrected chi connectivity index (χ2v) is 5.85. The quantitative estimate of drug-likeness (QED) is 0.680. The normalized spacial score (nSPS) is 27.1. The van der Waals surface area contributed by atoms with Gasteiger partial charge >= 0.3 is 0 Å². The van der Waals surface area contributed by atoms with E-state index >= 15 is 0 Å². The van der Waals surface area contributed by atoms with Crippen molar-refractivity contribution in [3.63, 3.8) is 0 Å². The Hall–Kier alpha value is -1.46. The number of hydrogen-bond donors (Lipinski definition) is 1. The number of hydrogen-bond acceptors (Lipinski definition) is 4. The molecule has 2 aliphatic rings. The smallest absolute Gasteiger partial charge is 0.272 e. The van der Waals surface area contributed by atoms with E-state index in [-0.39, 0.29) is 10.6 Å². The van der Waals surface area contributed by atoms with Gasteiger partial charge in [-0.15, -0.1) is 0 Å². The minimum Gasteiger partial charge on any atom is -0.315 e. The maximum atomic E-state index is 10.9. The minimum absolute atomic E-state index is 0.223. The Balaban J connectivity index is 1.84. The van der Waals surface area contributed by atoms with Crippen molar-refractivity contribution in [1.29, 1.82) is 0 Å². The molecule has 2 heterocycles. The van der Waals surface area contributed by atoms with Gasteiger partial charge in [-0.3, -0.25) is 15.0 Å². The number of aryl methyl sites for hydroxylation is 1. The number of benzene rings is 1. The van der Waals surface area contributed by atoms with Gasteiger partial charge in [-0.2, -0.15) is 0 Å². The van der Waals surface area contributed by atoms with Gasteiger partial charge < -0.3 is 5.32 Å². The molecule has 3 rings (SSSR count). The molecule has 0 radical (unpaired) electrons. The van der Waals surface area contributed by atoms with Gasteiger partial charge in [0.05, 0.1) is 4.92 Å². The van der Waals surface area contributed by atoms with Crippen molar-refractivity contribution in [1.82, 2.24) is 10.2 Å². The molecule has 108 valence electrons. The lowest BCUT2D eigenvalue weighted by molar-refractivity contribution is -0.385. The van der Waals surface area contributed by atoms with Crippen molar-refractivity contribution >= 4 is 5.69 Å². The highest BCUT2D eigenvalue weighted by Crippen LogP contribution is 2.36. The summed E-state index contributed by atoms with van der Waals surface area (Å²) in [6.07, 6.45) is 3.59. The lowest BCUT2D eigenvalue weighted by Crippen LogP contribution is -2.36. The van der Waals surface area contributed by atoms with E-state index in [0.717, 1.165) is 31.6 Å². The van der Waals surface area contributed by atoms with Crippen molar-refractivity contribution in [3.05, 3.63) is 39.4 Å². The Morgan fingerprint density at radius 2 is 2.25 bits per heavy atom. The van der Waals surface area contributed by atoms with E-state index in [9.17, 15) is 10.1 Å². The zero-order valence-corrected chi connectivity index (χ0v) is 11.8. The number of nitro groups is 1. The third-order valence-corrected chi connectivity index (χ3v) is 4.60. The molecule has 1 aromatic carbocycles. The second-order valence-electron chi connectivity index (χ2n) is 5.85. The fourth-order valence-corrected chi connectivity index (χ4v) is 3.60. The van der Waals surface area contributed by atoms with E-state index in [2.05, 4.69) is 10.2 Å². The maximum absolute atomic E-state index is 10.9. The summed E-state index contributed by atoms with van der Waals surface area (Å²) < 4.78 is 0. The molecule has 1 N–H and O–H groups in total. The highest BCUT2D eigenvalue weighted by atomic mass is 16.6. The van der Waals surface area contributed by atoms with Crippen LogP contribution >= 0.6 is 0 Å². The Bertz CT molecular complexity index is 512. The molecule has 2 saturated heterocycles. The molecule has 0 spiro atoms. The Morgan fingerprint density at radius 1 is 1.40 bits per heavy atom. The Kier molecular flexibility index (Phi) is 3.72. The Labute approximate surface area is 119 Å². The van der Waals surface area contributed by atoms with Crippen LogP contribution in [0.25, 0.3) is 0 Å². The van der Waals surface area contributed by atoms with Gasteiger partial charge in [0.25, 0.3) is 5.69 Å². The number of likely N-dealkylation sites (tertiary alicyclic amines) is 1. The van der Waals surface area contributed by atoms with E-state index in [4.69, 9.17) is 0 Å². The van der Waals surface area contributed by atoms with E-state index in [1.807, 2.05) is 19.1 Å². The number of nitrogens with one attached hydrogen (secondary N) is 1. The summed E-state index contributed by atoms with van der Waals surface area (Å²) >= 11 is 0. The number of nitro benzene ring substituents is 1. The summed E-state index contributed by atoms with van der Waals surface area (Å²) in [6.45, 7) is 5.15. The average molecular weight is 275 g/mol. The van der Waals surface area contributed by atoms with Gasteiger partial charge in [0.2, 0.25) is 0 Å². The zero-order valence-electron chi connectivity index (χ0n) is 11.8. The summed E-state index contributed by atoms with van der Waals surface area (Å²) in [7, 11) is 0. The van der Waals surface area contributed by atoms with Crippen LogP contribution in [0, 0.1) is 17.0 Å². The van der Waals surface area contributed by atoms with Crippen LogP contribution in [0.1, 0.15) is 36.4 Å². The first-order valence-electron chi connectivity index (χ1n) is 7.38. The van der Waals surface area contributed by atoms with Crippen molar-refractivity contribution in [2.45, 2.75) is 38.3 Å². The van der Waals surface area contributed by atoms with Crippen LogP contribution in [-0.4, -0.2) is 35.5 Å². The molecule has 5 nitrogen and oxygen atoms in total. The summed E-state index contributed by atoms with van der Waals surface area (Å²) in [4.78, 5) is 13.2. The topological polar surface area (TPSA) is 58.4 Å². The average Bonchev–Trinajstić information content (AvgIpc) is 3.09. The van der Waals surface area contributed by atoms with E-state index in [1.165, 1.54) is 18.4 Å². The molecular formula is C15H21N3O2. The largest absolute Gasteiger partial charge is 0.315 e. The predicted octanol–water partition coefficient (Wildman–Crippen LogP) is 2.40. The van der Waals surface area contributed by atoms with Crippen LogP contribution in [0.5, 0.6) is 0 Å². The molecule has 20 heavy (non-hydrogen) atoms. The van der Waals surface area contributed by atoms with Crippen LogP contribution in [-0.2, 0) is 0 Å². The van der Waals surface area contributed by atoms with Crippen LogP contribution in [0.4, 0.5) is 5.69 Å². The summed E-state index contributed by atoms with van der Waals surface area (Å²) in [5.41, 5.74) is 2.22. The van der Waals surface area contributed by atoms with E-state index < -0.39 is 0 Å². The molecule has 2 aliphatic heterocycles. The monoisotopic (exact) mass is 275 g/mol. The lowest BCUT2D eigenvalue weighted by atomic mass is 10.00. The second kappa shape index (κ2) is 5.50. The standard InChI is InChI=1S/C15H21N3O2/c1-11-9-12(4-5-14(11)18(19)20)15-3-2-8-17(15)13-6-7-16-10-13/h4-5,9,13,15-16H,2-3,6-8,10H2,1H3/t13-,15?/m1/s1. The first-order valence-corrected chi connectivity index (χ1v) is 7.38. The van der Waals surface area contributed by atoms with Crippen LogP contribution in [0.3, 0.4) is 0 Å². The molecule has 0 bridgehead atoms. The number of nitrogens with zero attached hydrogens (tertiary/aromatic N) is 2.